The number of urea groups is 2. The number of carbonyl (C=O) groups is 5. The van der Waals surface area contributed by atoms with Gasteiger partial charge in [-0.05, 0) is 28.8 Å². The summed E-state index contributed by atoms with van der Waals surface area (Å²) in [4.78, 5) is 53.5. The maximum atomic E-state index is 11.4. The van der Waals surface area contributed by atoms with Crippen LogP contribution in [-0.2, 0) is 20.9 Å². The Balaban J connectivity index is 0.000000208. The topological polar surface area (TPSA) is 204 Å². The Bertz CT molecular complexity index is 1150. The molecule has 0 saturated carbocycles. The van der Waals surface area contributed by atoms with Crippen LogP contribution in [0.2, 0.25) is 0 Å². The van der Waals surface area contributed by atoms with Gasteiger partial charge in [0.2, 0.25) is 0 Å². The summed E-state index contributed by atoms with van der Waals surface area (Å²) < 4.78 is 0. The van der Waals surface area contributed by atoms with Gasteiger partial charge in [0.25, 0.3) is 17.8 Å². The van der Waals surface area contributed by atoms with E-state index in [1.165, 1.54) is 0 Å². The number of nitrogens with two attached hydrogens (primary N) is 1. The first-order valence-electron chi connectivity index (χ1n) is 9.85. The fourth-order valence-electron chi connectivity index (χ4n) is 2.99. The van der Waals surface area contributed by atoms with Gasteiger partial charge in [0.05, 0.1) is 11.6 Å². The van der Waals surface area contributed by atoms with Crippen LogP contribution in [0.4, 0.5) is 9.59 Å². The van der Waals surface area contributed by atoms with Crippen LogP contribution in [0.25, 0.3) is 0 Å². The standard InChI is InChI=1S/C10H11N3O2.C10H7N3O2.C2H4O2/c2*11-5-6-2-1-3-7(4-6)8-9(14)13-10(15)12-8;1-2(3)4/h1-4,8H,5,11H2,(H2,12,13,14,15);1-4,8H,(H2,12,13,14,15);1H3,(H,3,4). The van der Waals surface area contributed by atoms with Crippen LogP contribution in [0, 0.1) is 11.3 Å². The zero-order valence-corrected chi connectivity index (χ0v) is 18.0. The molecule has 7 N–H and O–H groups in total. The van der Waals surface area contributed by atoms with Gasteiger partial charge in [0.15, 0.2) is 0 Å². The van der Waals surface area contributed by atoms with Gasteiger partial charge in [-0.25, -0.2) is 9.59 Å². The zero-order valence-electron chi connectivity index (χ0n) is 18.0. The van der Waals surface area contributed by atoms with Crippen molar-refractivity contribution in [2.24, 2.45) is 5.73 Å². The molecule has 34 heavy (non-hydrogen) atoms. The lowest BCUT2D eigenvalue weighted by atomic mass is 10.0. The number of hydrogen-bond donors (Lipinski definition) is 6. The van der Waals surface area contributed by atoms with E-state index in [-0.39, 0.29) is 5.91 Å². The van der Waals surface area contributed by atoms with Crippen LogP contribution in [0.5, 0.6) is 0 Å². The van der Waals surface area contributed by atoms with Crippen molar-refractivity contribution in [1.29, 1.82) is 5.26 Å². The molecule has 2 aliphatic rings. The van der Waals surface area contributed by atoms with Crippen molar-refractivity contribution in [3.63, 3.8) is 0 Å². The number of imide groups is 2. The molecule has 0 spiro atoms. The van der Waals surface area contributed by atoms with Crippen molar-refractivity contribution in [3.05, 3.63) is 70.8 Å². The molecule has 2 fully saturated rings. The quantitative estimate of drug-likeness (QED) is 0.352. The zero-order chi connectivity index (χ0) is 25.3. The molecule has 2 saturated heterocycles. The van der Waals surface area contributed by atoms with Crippen molar-refractivity contribution in [2.75, 3.05) is 0 Å². The minimum atomic E-state index is -0.833. The van der Waals surface area contributed by atoms with E-state index in [2.05, 4.69) is 21.3 Å². The van der Waals surface area contributed by atoms with Gasteiger partial charge in [-0.3, -0.25) is 25.0 Å². The highest BCUT2D eigenvalue weighted by Gasteiger charge is 2.31. The number of aliphatic carboxylic acids is 1. The second-order valence-electron chi connectivity index (χ2n) is 7.00. The predicted molar refractivity (Wildman–Crippen MR) is 118 cm³/mol. The molecule has 12 heteroatoms. The average Bonchev–Trinajstić information content (AvgIpc) is 3.33. The summed E-state index contributed by atoms with van der Waals surface area (Å²) in [5.74, 6) is -1.55. The van der Waals surface area contributed by atoms with E-state index in [0.29, 0.717) is 17.7 Å². The summed E-state index contributed by atoms with van der Waals surface area (Å²) in [6.45, 7) is 1.50. The van der Waals surface area contributed by atoms with Crippen LogP contribution in [-0.4, -0.2) is 35.0 Å². The summed E-state index contributed by atoms with van der Waals surface area (Å²) >= 11 is 0. The first-order chi connectivity index (χ1) is 16.1. The third-order valence-corrected chi connectivity index (χ3v) is 4.42. The number of nitrogens with one attached hydrogen (secondary N) is 4. The molecule has 0 aliphatic carbocycles. The van der Waals surface area contributed by atoms with Crippen molar-refractivity contribution in [3.8, 4) is 6.07 Å². The molecule has 176 valence electrons. The summed E-state index contributed by atoms with van der Waals surface area (Å²) in [5.41, 5.74) is 8.24. The van der Waals surface area contributed by atoms with Gasteiger partial charge in [-0.2, -0.15) is 5.26 Å². The Kier molecular flexibility index (Phi) is 8.81. The lowest BCUT2D eigenvalue weighted by Crippen LogP contribution is -2.22. The molecule has 2 unspecified atom stereocenters. The summed E-state index contributed by atoms with van der Waals surface area (Å²) in [6.07, 6.45) is 0. The molecule has 6 amide bonds. The number of nitrogens with zero attached hydrogens (tertiary/aromatic N) is 1. The second-order valence-corrected chi connectivity index (χ2v) is 7.00. The lowest BCUT2D eigenvalue weighted by Gasteiger charge is -2.08. The molecule has 4 rings (SSSR count). The molecular weight excluding hydrogens is 444 g/mol. The fraction of sp³-hybridized carbons (Fsp3) is 0.182. The minimum Gasteiger partial charge on any atom is -0.481 e. The van der Waals surface area contributed by atoms with Gasteiger partial charge in [0, 0.05) is 13.5 Å². The molecule has 2 heterocycles. The number of nitriles is 1. The first kappa shape index (κ1) is 25.5. The Morgan fingerprint density at radius 1 is 0.941 bits per heavy atom. The van der Waals surface area contributed by atoms with Crippen LogP contribution >= 0.6 is 0 Å². The van der Waals surface area contributed by atoms with Crippen molar-refractivity contribution in [2.45, 2.75) is 25.6 Å². The molecule has 0 radical (unpaired) electrons. The van der Waals surface area contributed by atoms with E-state index < -0.39 is 36.0 Å². The normalized spacial score (nSPS) is 18.0. The number of amides is 6. The van der Waals surface area contributed by atoms with Gasteiger partial charge in [0.1, 0.15) is 12.1 Å². The molecule has 0 aromatic heterocycles. The van der Waals surface area contributed by atoms with Crippen LogP contribution in [0.15, 0.2) is 48.5 Å². The average molecular weight is 466 g/mol. The Morgan fingerprint density at radius 3 is 1.82 bits per heavy atom. The third kappa shape index (κ3) is 7.14. The van der Waals surface area contributed by atoms with Gasteiger partial charge >= 0.3 is 12.1 Å². The number of hydrogen-bond acceptors (Lipinski definition) is 7. The highest BCUT2D eigenvalue weighted by Crippen LogP contribution is 2.18. The predicted octanol–water partition coefficient (Wildman–Crippen LogP) is 0.555. The lowest BCUT2D eigenvalue weighted by molar-refractivity contribution is -0.134. The summed E-state index contributed by atoms with van der Waals surface area (Å²) in [5, 5.41) is 25.4. The number of carbonyl (C=O) groups excluding carboxylic acids is 4. The van der Waals surface area contributed by atoms with Gasteiger partial charge in [-0.1, -0.05) is 36.4 Å². The molecule has 12 nitrogen and oxygen atoms in total. The smallest absolute Gasteiger partial charge is 0.322 e. The Hall–Kier alpha value is -4.76. The van der Waals surface area contributed by atoms with Crippen molar-refractivity contribution in [1.82, 2.24) is 21.3 Å². The fourth-order valence-corrected chi connectivity index (χ4v) is 2.99. The molecule has 2 aromatic rings. The molecule has 2 aromatic carbocycles. The highest BCUT2D eigenvalue weighted by molar-refractivity contribution is 6.05. The highest BCUT2D eigenvalue weighted by atomic mass is 16.4. The maximum Gasteiger partial charge on any atom is 0.322 e. The van der Waals surface area contributed by atoms with Crippen LogP contribution < -0.4 is 27.0 Å². The maximum absolute atomic E-state index is 11.4. The monoisotopic (exact) mass is 466 g/mol. The molecule has 0 bridgehead atoms. The molecule has 2 aliphatic heterocycles. The number of carboxylic acids is 1. The largest absolute Gasteiger partial charge is 0.481 e. The SMILES string of the molecule is CC(=O)O.N#Cc1cccc(C2NC(=O)NC2=O)c1.NCc1cccc(C2NC(=O)NC2=O)c1. The molecular formula is C22H22N6O6. The van der Waals surface area contributed by atoms with E-state index in [4.69, 9.17) is 20.9 Å². The number of benzene rings is 2. The third-order valence-electron chi connectivity index (χ3n) is 4.42. The van der Waals surface area contributed by atoms with E-state index in [0.717, 1.165) is 18.1 Å². The van der Waals surface area contributed by atoms with Crippen molar-refractivity contribution >= 4 is 29.8 Å². The Morgan fingerprint density at radius 2 is 1.41 bits per heavy atom. The first-order valence-corrected chi connectivity index (χ1v) is 9.85. The van der Waals surface area contributed by atoms with E-state index >= 15 is 0 Å². The molecule has 2 atom stereocenters. The van der Waals surface area contributed by atoms with Gasteiger partial charge < -0.3 is 21.5 Å². The summed E-state index contributed by atoms with van der Waals surface area (Å²) in [6, 6.07) is 13.6. The minimum absolute atomic E-state index is 0.325. The number of carboxylic acid groups (broad SMARTS) is 1. The van der Waals surface area contributed by atoms with Crippen LogP contribution in [0.3, 0.4) is 0 Å². The van der Waals surface area contributed by atoms with E-state index in [1.807, 2.05) is 24.3 Å². The van der Waals surface area contributed by atoms with Crippen LogP contribution in [0.1, 0.15) is 41.3 Å². The van der Waals surface area contributed by atoms with Gasteiger partial charge in [-0.15, -0.1) is 0 Å². The Labute approximate surface area is 194 Å². The second kappa shape index (κ2) is 11.7. The number of rotatable bonds is 3. The van der Waals surface area contributed by atoms with Crippen molar-refractivity contribution < 1.29 is 29.1 Å². The van der Waals surface area contributed by atoms with E-state index in [1.54, 1.807) is 30.3 Å². The van der Waals surface area contributed by atoms with E-state index in [9.17, 15) is 19.2 Å². The summed E-state index contributed by atoms with van der Waals surface area (Å²) in [7, 11) is 0.